The van der Waals surface area contributed by atoms with E-state index in [4.69, 9.17) is 0 Å². The van der Waals surface area contributed by atoms with Gasteiger partial charge in [-0.3, -0.25) is 0 Å². The summed E-state index contributed by atoms with van der Waals surface area (Å²) in [6.07, 6.45) is 3.80. The zero-order valence-corrected chi connectivity index (χ0v) is 12.0. The van der Waals surface area contributed by atoms with Gasteiger partial charge in [-0.2, -0.15) is 0 Å². The summed E-state index contributed by atoms with van der Waals surface area (Å²) < 4.78 is 1.28. The maximum absolute atomic E-state index is 3.58. The SMILES string of the molecule is CCNCCC(C)CCc1sccc1Br. The van der Waals surface area contributed by atoms with Crippen molar-refractivity contribution in [2.75, 3.05) is 13.1 Å². The van der Waals surface area contributed by atoms with E-state index in [1.54, 1.807) is 0 Å². The number of rotatable bonds is 7. The molecule has 0 radical (unpaired) electrons. The van der Waals surface area contributed by atoms with Gasteiger partial charge in [0.2, 0.25) is 0 Å². The van der Waals surface area contributed by atoms with Crippen molar-refractivity contribution < 1.29 is 0 Å². The van der Waals surface area contributed by atoms with Gasteiger partial charge in [0.05, 0.1) is 0 Å². The Kier molecular flexibility index (Phi) is 6.53. The summed E-state index contributed by atoms with van der Waals surface area (Å²) in [5.74, 6) is 0.818. The van der Waals surface area contributed by atoms with Gasteiger partial charge in [-0.05, 0) is 65.6 Å². The molecule has 0 aliphatic carbocycles. The van der Waals surface area contributed by atoms with Crippen LogP contribution in [-0.4, -0.2) is 13.1 Å². The summed E-state index contributed by atoms with van der Waals surface area (Å²) in [6, 6.07) is 2.14. The van der Waals surface area contributed by atoms with Crippen LogP contribution in [0.2, 0.25) is 0 Å². The van der Waals surface area contributed by atoms with Gasteiger partial charge in [0.25, 0.3) is 0 Å². The minimum atomic E-state index is 0.818. The van der Waals surface area contributed by atoms with Crippen LogP contribution in [0.4, 0.5) is 0 Å². The van der Waals surface area contributed by atoms with E-state index in [0.717, 1.165) is 19.0 Å². The van der Waals surface area contributed by atoms with Crippen LogP contribution >= 0.6 is 27.3 Å². The minimum Gasteiger partial charge on any atom is -0.317 e. The van der Waals surface area contributed by atoms with Crippen molar-refractivity contribution >= 4 is 27.3 Å². The first-order chi connectivity index (χ1) is 7.24. The highest BCUT2D eigenvalue weighted by Crippen LogP contribution is 2.25. The molecular weight excluding hydrogens is 270 g/mol. The van der Waals surface area contributed by atoms with Crippen molar-refractivity contribution in [1.82, 2.24) is 5.32 Å². The van der Waals surface area contributed by atoms with Gasteiger partial charge in [-0.15, -0.1) is 11.3 Å². The van der Waals surface area contributed by atoms with Crippen LogP contribution in [0.5, 0.6) is 0 Å². The van der Waals surface area contributed by atoms with Crippen LogP contribution in [0.15, 0.2) is 15.9 Å². The lowest BCUT2D eigenvalue weighted by Gasteiger charge is -2.10. The molecule has 0 saturated carbocycles. The third-order valence-electron chi connectivity index (χ3n) is 2.62. The molecule has 1 atom stereocenters. The number of hydrogen-bond donors (Lipinski definition) is 1. The predicted octanol–water partition coefficient (Wildman–Crippen LogP) is 4.08. The highest BCUT2D eigenvalue weighted by Gasteiger charge is 2.05. The zero-order chi connectivity index (χ0) is 11.1. The van der Waals surface area contributed by atoms with E-state index in [-0.39, 0.29) is 0 Å². The van der Waals surface area contributed by atoms with E-state index in [2.05, 4.69) is 46.5 Å². The van der Waals surface area contributed by atoms with E-state index < -0.39 is 0 Å². The second-order valence-electron chi connectivity index (χ2n) is 3.98. The molecule has 86 valence electrons. The third kappa shape index (κ3) is 5.14. The fraction of sp³-hybridized carbons (Fsp3) is 0.667. The Morgan fingerprint density at radius 1 is 1.47 bits per heavy atom. The van der Waals surface area contributed by atoms with E-state index in [1.807, 2.05) is 11.3 Å². The Morgan fingerprint density at radius 2 is 2.27 bits per heavy atom. The van der Waals surface area contributed by atoms with E-state index in [9.17, 15) is 0 Å². The first kappa shape index (κ1) is 13.2. The summed E-state index contributed by atoms with van der Waals surface area (Å²) in [5.41, 5.74) is 0. The summed E-state index contributed by atoms with van der Waals surface area (Å²) >= 11 is 5.44. The summed E-state index contributed by atoms with van der Waals surface area (Å²) in [5, 5.41) is 5.53. The first-order valence-corrected chi connectivity index (χ1v) is 7.34. The van der Waals surface area contributed by atoms with Gasteiger partial charge in [-0.1, -0.05) is 13.8 Å². The molecule has 0 aromatic carbocycles. The molecule has 0 saturated heterocycles. The van der Waals surface area contributed by atoms with Crippen LogP contribution in [0, 0.1) is 5.92 Å². The number of thiophene rings is 1. The molecule has 3 heteroatoms. The van der Waals surface area contributed by atoms with Gasteiger partial charge in [0.1, 0.15) is 0 Å². The number of nitrogens with one attached hydrogen (secondary N) is 1. The molecule has 1 N–H and O–H groups in total. The number of halogens is 1. The fourth-order valence-corrected chi connectivity index (χ4v) is 3.12. The monoisotopic (exact) mass is 289 g/mol. The number of aryl methyl sites for hydroxylation is 1. The summed E-state index contributed by atoms with van der Waals surface area (Å²) in [6.45, 7) is 6.75. The van der Waals surface area contributed by atoms with Crippen LogP contribution < -0.4 is 5.32 Å². The first-order valence-electron chi connectivity index (χ1n) is 5.66. The average molecular weight is 290 g/mol. The second kappa shape index (κ2) is 7.42. The third-order valence-corrected chi connectivity index (χ3v) is 4.61. The highest BCUT2D eigenvalue weighted by molar-refractivity contribution is 9.10. The van der Waals surface area contributed by atoms with Crippen molar-refractivity contribution in [1.29, 1.82) is 0 Å². The quantitative estimate of drug-likeness (QED) is 0.746. The lowest BCUT2D eigenvalue weighted by atomic mass is 10.0. The molecule has 1 aromatic rings. The highest BCUT2D eigenvalue weighted by atomic mass is 79.9. The molecular formula is C12H20BrNS. The normalized spacial score (nSPS) is 13.0. The molecule has 0 fully saturated rings. The molecule has 1 heterocycles. The van der Waals surface area contributed by atoms with Gasteiger partial charge in [-0.25, -0.2) is 0 Å². The van der Waals surface area contributed by atoms with Crippen molar-refractivity contribution in [2.24, 2.45) is 5.92 Å². The molecule has 15 heavy (non-hydrogen) atoms. The molecule has 0 amide bonds. The molecule has 1 unspecified atom stereocenters. The molecule has 0 spiro atoms. The van der Waals surface area contributed by atoms with Crippen molar-refractivity contribution in [2.45, 2.75) is 33.1 Å². The Morgan fingerprint density at radius 3 is 2.87 bits per heavy atom. The topological polar surface area (TPSA) is 12.0 Å². The Balaban J connectivity index is 2.16. The van der Waals surface area contributed by atoms with Gasteiger partial charge in [0, 0.05) is 9.35 Å². The molecule has 1 nitrogen and oxygen atoms in total. The minimum absolute atomic E-state index is 0.818. The average Bonchev–Trinajstić information content (AvgIpc) is 2.61. The predicted molar refractivity (Wildman–Crippen MR) is 72.7 cm³/mol. The maximum Gasteiger partial charge on any atom is 0.0314 e. The van der Waals surface area contributed by atoms with Gasteiger partial charge >= 0.3 is 0 Å². The Hall–Kier alpha value is 0.140. The molecule has 0 aliphatic heterocycles. The van der Waals surface area contributed by atoms with Crippen LogP contribution in [0.25, 0.3) is 0 Å². The molecule has 0 aliphatic rings. The lowest BCUT2D eigenvalue weighted by molar-refractivity contribution is 0.475. The van der Waals surface area contributed by atoms with Crippen molar-refractivity contribution in [3.05, 3.63) is 20.8 Å². The molecule has 0 bridgehead atoms. The summed E-state index contributed by atoms with van der Waals surface area (Å²) in [7, 11) is 0. The van der Waals surface area contributed by atoms with Crippen molar-refractivity contribution in [3.63, 3.8) is 0 Å². The molecule has 1 aromatic heterocycles. The number of hydrogen-bond acceptors (Lipinski definition) is 2. The van der Waals surface area contributed by atoms with E-state index >= 15 is 0 Å². The largest absolute Gasteiger partial charge is 0.317 e. The van der Waals surface area contributed by atoms with Crippen LogP contribution in [0.3, 0.4) is 0 Å². The van der Waals surface area contributed by atoms with Crippen molar-refractivity contribution in [3.8, 4) is 0 Å². The second-order valence-corrected chi connectivity index (χ2v) is 5.83. The van der Waals surface area contributed by atoms with E-state index in [0.29, 0.717) is 0 Å². The maximum atomic E-state index is 3.58. The van der Waals surface area contributed by atoms with E-state index in [1.165, 1.54) is 28.6 Å². The van der Waals surface area contributed by atoms with Crippen LogP contribution in [0.1, 0.15) is 31.6 Å². The van der Waals surface area contributed by atoms with Gasteiger partial charge in [0.15, 0.2) is 0 Å². The van der Waals surface area contributed by atoms with Crippen LogP contribution in [-0.2, 0) is 6.42 Å². The lowest BCUT2D eigenvalue weighted by Crippen LogP contribution is -2.16. The summed E-state index contributed by atoms with van der Waals surface area (Å²) in [4.78, 5) is 1.49. The standard InChI is InChI=1S/C12H20BrNS/c1-3-14-8-6-10(2)4-5-12-11(13)7-9-15-12/h7,9-10,14H,3-6,8H2,1-2H3. The zero-order valence-electron chi connectivity index (χ0n) is 9.55. The fourth-order valence-electron chi connectivity index (χ4n) is 1.55. The Bertz CT molecular complexity index is 272. The van der Waals surface area contributed by atoms with Gasteiger partial charge < -0.3 is 5.32 Å². The Labute approximate surface area is 105 Å². The smallest absolute Gasteiger partial charge is 0.0314 e. The molecule has 1 rings (SSSR count).